The molecule has 2 aliphatic heterocycles. The topological polar surface area (TPSA) is 54.5 Å². The van der Waals surface area contributed by atoms with Crippen molar-refractivity contribution in [3.63, 3.8) is 0 Å². The summed E-state index contributed by atoms with van der Waals surface area (Å²) < 4.78 is 23.8. The summed E-state index contributed by atoms with van der Waals surface area (Å²) in [5.41, 5.74) is 1.09. The monoisotopic (exact) mass is 339 g/mol. The quantitative estimate of drug-likeness (QED) is 0.788. The minimum Gasteiger partial charge on any atom is -0.341 e. The van der Waals surface area contributed by atoms with Gasteiger partial charge < -0.3 is 4.90 Å². The molecule has 0 aromatic heterocycles. The van der Waals surface area contributed by atoms with Gasteiger partial charge in [-0.25, -0.2) is 8.42 Å². The SMILES string of the molecule is CC1(C)CCN(C(=O)[C@H]2CSc3ccccc32)CCS1(=O)=O. The van der Waals surface area contributed by atoms with Crippen LogP contribution in [0, 0.1) is 0 Å². The van der Waals surface area contributed by atoms with E-state index >= 15 is 0 Å². The predicted octanol–water partition coefficient (Wildman–Crippen LogP) is 2.30. The first-order chi connectivity index (χ1) is 10.3. The molecular weight excluding hydrogens is 318 g/mol. The zero-order valence-electron chi connectivity index (χ0n) is 12.9. The first kappa shape index (κ1) is 15.9. The average Bonchev–Trinajstić information content (AvgIpc) is 2.85. The summed E-state index contributed by atoms with van der Waals surface area (Å²) in [6.45, 7) is 4.36. The van der Waals surface area contributed by atoms with E-state index in [1.807, 2.05) is 24.3 Å². The molecule has 3 rings (SSSR count). The van der Waals surface area contributed by atoms with Crippen LogP contribution in [0.2, 0.25) is 0 Å². The third-order valence-corrected chi connectivity index (χ3v) is 8.56. The molecule has 0 radical (unpaired) electrons. The van der Waals surface area contributed by atoms with E-state index in [-0.39, 0.29) is 17.6 Å². The molecule has 0 unspecified atom stereocenters. The van der Waals surface area contributed by atoms with Crippen molar-refractivity contribution in [1.29, 1.82) is 0 Å². The van der Waals surface area contributed by atoms with Gasteiger partial charge in [-0.2, -0.15) is 0 Å². The molecular formula is C16H21NO3S2. The lowest BCUT2D eigenvalue weighted by Crippen LogP contribution is -2.37. The molecule has 0 aliphatic carbocycles. The van der Waals surface area contributed by atoms with E-state index in [0.29, 0.717) is 19.5 Å². The zero-order chi connectivity index (χ0) is 16.0. The van der Waals surface area contributed by atoms with Gasteiger partial charge in [0.25, 0.3) is 0 Å². The van der Waals surface area contributed by atoms with Gasteiger partial charge in [-0.15, -0.1) is 11.8 Å². The molecule has 120 valence electrons. The van der Waals surface area contributed by atoms with Crippen LogP contribution in [0.4, 0.5) is 0 Å². The van der Waals surface area contributed by atoms with Crippen LogP contribution in [0.3, 0.4) is 0 Å². The molecule has 4 nitrogen and oxygen atoms in total. The summed E-state index contributed by atoms with van der Waals surface area (Å²) >= 11 is 1.71. The van der Waals surface area contributed by atoms with Gasteiger partial charge in [0.05, 0.1) is 16.4 Å². The normalized spacial score (nSPS) is 26.3. The van der Waals surface area contributed by atoms with Gasteiger partial charge in [0.1, 0.15) is 0 Å². The summed E-state index contributed by atoms with van der Waals surface area (Å²) in [7, 11) is -3.15. The second-order valence-electron chi connectivity index (χ2n) is 6.56. The van der Waals surface area contributed by atoms with Crippen LogP contribution in [-0.2, 0) is 14.6 Å². The molecule has 0 bridgehead atoms. The number of thioether (sulfide) groups is 1. The third kappa shape index (κ3) is 2.67. The zero-order valence-corrected chi connectivity index (χ0v) is 14.5. The highest BCUT2D eigenvalue weighted by atomic mass is 32.2. The molecule has 1 aromatic carbocycles. The first-order valence-electron chi connectivity index (χ1n) is 7.55. The van der Waals surface area contributed by atoms with Crippen LogP contribution in [-0.4, -0.2) is 48.6 Å². The number of sulfone groups is 1. The Morgan fingerprint density at radius 3 is 2.77 bits per heavy atom. The van der Waals surface area contributed by atoms with Gasteiger partial charge in [-0.3, -0.25) is 4.79 Å². The van der Waals surface area contributed by atoms with Crippen molar-refractivity contribution < 1.29 is 13.2 Å². The largest absolute Gasteiger partial charge is 0.341 e. The average molecular weight is 339 g/mol. The van der Waals surface area contributed by atoms with Crippen molar-refractivity contribution in [3.05, 3.63) is 29.8 Å². The molecule has 1 amide bonds. The number of rotatable bonds is 1. The second-order valence-corrected chi connectivity index (χ2v) is 10.4. The lowest BCUT2D eigenvalue weighted by Gasteiger charge is -2.24. The Morgan fingerprint density at radius 1 is 1.27 bits per heavy atom. The Bertz CT molecular complexity index is 697. The van der Waals surface area contributed by atoms with Gasteiger partial charge >= 0.3 is 0 Å². The van der Waals surface area contributed by atoms with Crippen molar-refractivity contribution in [3.8, 4) is 0 Å². The number of carbonyl (C=O) groups is 1. The van der Waals surface area contributed by atoms with E-state index in [1.54, 1.807) is 30.5 Å². The molecule has 1 fully saturated rings. The third-order valence-electron chi connectivity index (χ3n) is 4.77. The van der Waals surface area contributed by atoms with Gasteiger partial charge in [0.2, 0.25) is 5.91 Å². The molecule has 0 N–H and O–H groups in total. The lowest BCUT2D eigenvalue weighted by atomic mass is 9.99. The summed E-state index contributed by atoms with van der Waals surface area (Å²) in [6, 6.07) is 8.00. The molecule has 1 atom stereocenters. The Kier molecular flexibility index (Phi) is 4.01. The Hall–Kier alpha value is -1.01. The van der Waals surface area contributed by atoms with Gasteiger partial charge in [-0.05, 0) is 31.9 Å². The maximum absolute atomic E-state index is 12.9. The molecule has 2 aliphatic rings. The second kappa shape index (κ2) is 5.57. The molecule has 2 heterocycles. The summed E-state index contributed by atoms with van der Waals surface area (Å²) in [4.78, 5) is 15.8. The van der Waals surface area contributed by atoms with Crippen LogP contribution in [0.15, 0.2) is 29.2 Å². The van der Waals surface area contributed by atoms with Gasteiger partial charge in [-0.1, -0.05) is 18.2 Å². The lowest BCUT2D eigenvalue weighted by molar-refractivity contribution is -0.132. The highest BCUT2D eigenvalue weighted by Crippen LogP contribution is 2.40. The number of nitrogens with zero attached hydrogens (tertiary/aromatic N) is 1. The highest BCUT2D eigenvalue weighted by molar-refractivity contribution is 7.99. The molecule has 22 heavy (non-hydrogen) atoms. The number of amides is 1. The van der Waals surface area contributed by atoms with Crippen molar-refractivity contribution in [2.24, 2.45) is 0 Å². The van der Waals surface area contributed by atoms with Gasteiger partial charge in [0, 0.05) is 23.7 Å². The fourth-order valence-corrected chi connectivity index (χ4v) is 5.62. The highest BCUT2D eigenvalue weighted by Gasteiger charge is 2.40. The number of hydrogen-bond acceptors (Lipinski definition) is 4. The number of benzene rings is 1. The smallest absolute Gasteiger partial charge is 0.231 e. The Morgan fingerprint density at radius 2 is 2.00 bits per heavy atom. The summed E-state index contributed by atoms with van der Waals surface area (Å²) in [6.07, 6.45) is 0.503. The maximum Gasteiger partial charge on any atom is 0.231 e. The fourth-order valence-electron chi connectivity index (χ4n) is 2.99. The van der Waals surface area contributed by atoms with E-state index in [4.69, 9.17) is 0 Å². The van der Waals surface area contributed by atoms with E-state index in [1.165, 1.54) is 4.90 Å². The molecule has 0 spiro atoms. The molecule has 1 aromatic rings. The first-order valence-corrected chi connectivity index (χ1v) is 10.2. The minimum atomic E-state index is -3.15. The van der Waals surface area contributed by atoms with Gasteiger partial charge in [0.15, 0.2) is 9.84 Å². The van der Waals surface area contributed by atoms with Crippen LogP contribution >= 0.6 is 11.8 Å². The number of carbonyl (C=O) groups excluding carboxylic acids is 1. The summed E-state index contributed by atoms with van der Waals surface area (Å²) in [5.74, 6) is 0.758. The van der Waals surface area contributed by atoms with E-state index in [2.05, 4.69) is 0 Å². The van der Waals surface area contributed by atoms with E-state index in [9.17, 15) is 13.2 Å². The van der Waals surface area contributed by atoms with Crippen molar-refractivity contribution in [2.45, 2.75) is 35.8 Å². The van der Waals surface area contributed by atoms with E-state index < -0.39 is 14.6 Å². The number of hydrogen-bond donors (Lipinski definition) is 0. The van der Waals surface area contributed by atoms with Crippen molar-refractivity contribution in [1.82, 2.24) is 4.90 Å². The number of fused-ring (bicyclic) bond motifs is 1. The predicted molar refractivity (Wildman–Crippen MR) is 89.0 cm³/mol. The van der Waals surface area contributed by atoms with E-state index in [0.717, 1.165) is 11.3 Å². The maximum atomic E-state index is 12.9. The summed E-state index contributed by atoms with van der Waals surface area (Å²) in [5, 5.41) is 0. The minimum absolute atomic E-state index is 0.0627. The van der Waals surface area contributed by atoms with Crippen LogP contribution in [0.5, 0.6) is 0 Å². The Balaban J connectivity index is 1.80. The Labute approximate surface area is 136 Å². The molecule has 0 saturated carbocycles. The van der Waals surface area contributed by atoms with Crippen molar-refractivity contribution in [2.75, 3.05) is 24.6 Å². The van der Waals surface area contributed by atoms with Crippen LogP contribution < -0.4 is 0 Å². The van der Waals surface area contributed by atoms with Crippen LogP contribution in [0.1, 0.15) is 31.7 Å². The fraction of sp³-hybridized carbons (Fsp3) is 0.562. The standard InChI is InChI=1S/C16H21NO3S2/c1-16(2)7-8-17(9-10-22(16,19)20)15(18)13-11-21-14-6-4-3-5-12(13)14/h3-6,13H,7-11H2,1-2H3/t13-/m0/s1. The van der Waals surface area contributed by atoms with Crippen molar-refractivity contribution >= 4 is 27.5 Å². The molecule has 1 saturated heterocycles. The molecule has 6 heteroatoms. The van der Waals surface area contributed by atoms with Crippen LogP contribution in [0.25, 0.3) is 0 Å².